The minimum atomic E-state index is -0.735. The van der Waals surface area contributed by atoms with Crippen LogP contribution in [0.5, 0.6) is 11.6 Å². The highest BCUT2D eigenvalue weighted by Gasteiger charge is 2.12. The highest BCUT2D eigenvalue weighted by atomic mass is 19.1. The van der Waals surface area contributed by atoms with Crippen LogP contribution in [0.3, 0.4) is 0 Å². The van der Waals surface area contributed by atoms with Crippen LogP contribution in [-0.4, -0.2) is 17.2 Å². The lowest BCUT2D eigenvalue weighted by molar-refractivity contribution is 0.189. The third-order valence-electron chi connectivity index (χ3n) is 2.85. The molecule has 1 heterocycles. The second-order valence-corrected chi connectivity index (χ2v) is 4.32. The maximum atomic E-state index is 13.3. The molecule has 106 valence electrons. The number of rotatable bonds is 5. The van der Waals surface area contributed by atoms with Crippen LogP contribution in [0.15, 0.2) is 36.5 Å². The molecule has 0 aliphatic carbocycles. The summed E-state index contributed by atoms with van der Waals surface area (Å²) in [5.74, 6) is 0.357. The van der Waals surface area contributed by atoms with E-state index in [1.54, 1.807) is 19.2 Å². The van der Waals surface area contributed by atoms with Gasteiger partial charge in [-0.1, -0.05) is 0 Å². The standard InChI is InChI=1S/C15H16FNO3/c1-10(18)13-6-5-12(16)8-14(13)20-9-11-4-3-7-17-15(11)19-2/h3-8,10,18H,9H2,1-2H3/t10-/m1/s1. The van der Waals surface area contributed by atoms with Crippen molar-refractivity contribution in [3.05, 3.63) is 53.5 Å². The maximum absolute atomic E-state index is 13.3. The summed E-state index contributed by atoms with van der Waals surface area (Å²) in [6, 6.07) is 7.63. The van der Waals surface area contributed by atoms with Crippen LogP contribution in [-0.2, 0) is 6.61 Å². The topological polar surface area (TPSA) is 51.6 Å². The second-order valence-electron chi connectivity index (χ2n) is 4.32. The van der Waals surface area contributed by atoms with Gasteiger partial charge in [-0.2, -0.15) is 0 Å². The van der Waals surface area contributed by atoms with Gasteiger partial charge in [-0.15, -0.1) is 0 Å². The van der Waals surface area contributed by atoms with Crippen LogP contribution in [0, 0.1) is 5.82 Å². The van der Waals surface area contributed by atoms with Crippen LogP contribution in [0.2, 0.25) is 0 Å². The zero-order valence-electron chi connectivity index (χ0n) is 11.3. The van der Waals surface area contributed by atoms with Crippen LogP contribution >= 0.6 is 0 Å². The molecule has 0 fully saturated rings. The molecule has 4 nitrogen and oxygen atoms in total. The van der Waals surface area contributed by atoms with E-state index >= 15 is 0 Å². The van der Waals surface area contributed by atoms with E-state index in [0.29, 0.717) is 17.2 Å². The lowest BCUT2D eigenvalue weighted by Crippen LogP contribution is -2.03. The number of aliphatic hydroxyl groups excluding tert-OH is 1. The van der Waals surface area contributed by atoms with Crippen molar-refractivity contribution in [2.24, 2.45) is 0 Å². The first-order valence-electron chi connectivity index (χ1n) is 6.20. The summed E-state index contributed by atoms with van der Waals surface area (Å²) in [5.41, 5.74) is 1.28. The molecule has 2 aromatic rings. The quantitative estimate of drug-likeness (QED) is 0.913. The van der Waals surface area contributed by atoms with Crippen molar-refractivity contribution in [2.75, 3.05) is 7.11 Å². The van der Waals surface area contributed by atoms with E-state index in [0.717, 1.165) is 5.56 Å². The number of hydrogen-bond acceptors (Lipinski definition) is 4. The molecular formula is C15H16FNO3. The average Bonchev–Trinajstić information content (AvgIpc) is 2.45. The summed E-state index contributed by atoms with van der Waals surface area (Å²) in [7, 11) is 1.52. The molecule has 0 aliphatic rings. The van der Waals surface area contributed by atoms with Gasteiger partial charge in [0.25, 0.3) is 0 Å². The van der Waals surface area contributed by atoms with Crippen LogP contribution < -0.4 is 9.47 Å². The molecular weight excluding hydrogens is 261 g/mol. The van der Waals surface area contributed by atoms with Gasteiger partial charge in [-0.25, -0.2) is 9.37 Å². The highest BCUT2D eigenvalue weighted by molar-refractivity contribution is 5.36. The minimum absolute atomic E-state index is 0.181. The molecule has 0 amide bonds. The van der Waals surface area contributed by atoms with E-state index in [-0.39, 0.29) is 6.61 Å². The Hall–Kier alpha value is -2.14. The molecule has 1 aromatic heterocycles. The molecule has 1 N–H and O–H groups in total. The van der Waals surface area contributed by atoms with Crippen molar-refractivity contribution in [1.82, 2.24) is 4.98 Å². The molecule has 0 spiro atoms. The summed E-state index contributed by atoms with van der Waals surface area (Å²) in [5, 5.41) is 9.65. The summed E-state index contributed by atoms with van der Waals surface area (Å²) >= 11 is 0. The first kappa shape index (κ1) is 14.3. The van der Waals surface area contributed by atoms with Crippen molar-refractivity contribution in [1.29, 1.82) is 0 Å². The monoisotopic (exact) mass is 277 g/mol. The van der Waals surface area contributed by atoms with E-state index in [9.17, 15) is 9.50 Å². The van der Waals surface area contributed by atoms with E-state index in [4.69, 9.17) is 9.47 Å². The number of ether oxygens (including phenoxy) is 2. The Morgan fingerprint density at radius 1 is 1.35 bits per heavy atom. The third kappa shape index (κ3) is 3.24. The number of aliphatic hydroxyl groups is 1. The summed E-state index contributed by atoms with van der Waals surface area (Å²) < 4.78 is 24.0. The molecule has 0 saturated carbocycles. The third-order valence-corrected chi connectivity index (χ3v) is 2.85. The normalized spacial score (nSPS) is 12.0. The Balaban J connectivity index is 2.20. The van der Waals surface area contributed by atoms with Crippen molar-refractivity contribution in [3.8, 4) is 11.6 Å². The Kier molecular flexibility index (Phi) is 4.53. The Morgan fingerprint density at radius 3 is 2.85 bits per heavy atom. The molecule has 0 saturated heterocycles. The Bertz CT molecular complexity index is 587. The van der Waals surface area contributed by atoms with Gasteiger partial charge in [0.15, 0.2) is 0 Å². The molecule has 1 aromatic carbocycles. The lowest BCUT2D eigenvalue weighted by Gasteiger charge is -2.14. The van der Waals surface area contributed by atoms with Gasteiger partial charge in [0.1, 0.15) is 18.2 Å². The summed E-state index contributed by atoms with van der Waals surface area (Å²) in [6.45, 7) is 1.78. The van der Waals surface area contributed by atoms with Gasteiger partial charge in [-0.05, 0) is 31.2 Å². The number of halogens is 1. The van der Waals surface area contributed by atoms with Crippen LogP contribution in [0.25, 0.3) is 0 Å². The minimum Gasteiger partial charge on any atom is -0.488 e. The summed E-state index contributed by atoms with van der Waals surface area (Å²) in [4.78, 5) is 4.06. The first-order chi connectivity index (χ1) is 9.61. The van der Waals surface area contributed by atoms with E-state index in [1.807, 2.05) is 6.07 Å². The fourth-order valence-corrected chi connectivity index (χ4v) is 1.85. The molecule has 0 radical (unpaired) electrons. The molecule has 0 unspecified atom stereocenters. The zero-order valence-corrected chi connectivity index (χ0v) is 11.3. The maximum Gasteiger partial charge on any atom is 0.219 e. The number of benzene rings is 1. The fraction of sp³-hybridized carbons (Fsp3) is 0.267. The van der Waals surface area contributed by atoms with Gasteiger partial charge >= 0.3 is 0 Å². The fourth-order valence-electron chi connectivity index (χ4n) is 1.85. The molecule has 1 atom stereocenters. The number of methoxy groups -OCH3 is 1. The molecule has 20 heavy (non-hydrogen) atoms. The second kappa shape index (κ2) is 6.34. The van der Waals surface area contributed by atoms with Crippen molar-refractivity contribution < 1.29 is 19.0 Å². The Labute approximate surface area is 116 Å². The van der Waals surface area contributed by atoms with Crippen LogP contribution in [0.4, 0.5) is 4.39 Å². The van der Waals surface area contributed by atoms with Crippen LogP contribution in [0.1, 0.15) is 24.2 Å². The number of hydrogen-bond donors (Lipinski definition) is 1. The number of pyridine rings is 1. The predicted molar refractivity (Wildman–Crippen MR) is 72.2 cm³/mol. The zero-order chi connectivity index (χ0) is 14.5. The van der Waals surface area contributed by atoms with E-state index < -0.39 is 11.9 Å². The number of aromatic nitrogens is 1. The van der Waals surface area contributed by atoms with Crippen molar-refractivity contribution in [3.63, 3.8) is 0 Å². The van der Waals surface area contributed by atoms with Gasteiger partial charge < -0.3 is 14.6 Å². The average molecular weight is 277 g/mol. The predicted octanol–water partition coefficient (Wildman–Crippen LogP) is 2.86. The SMILES string of the molecule is COc1ncccc1COc1cc(F)ccc1[C@@H](C)O. The van der Waals surface area contributed by atoms with Gasteiger partial charge in [0.2, 0.25) is 5.88 Å². The largest absolute Gasteiger partial charge is 0.488 e. The molecule has 5 heteroatoms. The lowest BCUT2D eigenvalue weighted by atomic mass is 10.1. The van der Waals surface area contributed by atoms with Crippen molar-refractivity contribution >= 4 is 0 Å². The van der Waals surface area contributed by atoms with Gasteiger partial charge in [0.05, 0.1) is 18.8 Å². The smallest absolute Gasteiger partial charge is 0.219 e. The van der Waals surface area contributed by atoms with E-state index in [2.05, 4.69) is 4.98 Å². The first-order valence-corrected chi connectivity index (χ1v) is 6.20. The van der Waals surface area contributed by atoms with Crippen molar-refractivity contribution in [2.45, 2.75) is 19.6 Å². The van der Waals surface area contributed by atoms with Gasteiger partial charge in [0, 0.05) is 17.8 Å². The molecule has 0 aliphatic heterocycles. The highest BCUT2D eigenvalue weighted by Crippen LogP contribution is 2.27. The Morgan fingerprint density at radius 2 is 2.15 bits per heavy atom. The van der Waals surface area contributed by atoms with E-state index in [1.165, 1.54) is 25.3 Å². The van der Waals surface area contributed by atoms with Gasteiger partial charge in [-0.3, -0.25) is 0 Å². The molecule has 2 rings (SSSR count). The molecule has 0 bridgehead atoms. The summed E-state index contributed by atoms with van der Waals surface area (Å²) in [6.07, 6.45) is 0.882. The number of nitrogens with zero attached hydrogens (tertiary/aromatic N) is 1.